The topological polar surface area (TPSA) is 0 Å². The first-order valence-corrected chi connectivity index (χ1v) is 9.50. The second-order valence-corrected chi connectivity index (χ2v) is 7.20. The molecule has 2 unspecified atom stereocenters. The summed E-state index contributed by atoms with van der Waals surface area (Å²) in [7, 11) is 0. The van der Waals surface area contributed by atoms with Gasteiger partial charge in [0, 0.05) is 0 Å². The molecule has 3 rings (SSSR count). The molecule has 1 aliphatic rings. The van der Waals surface area contributed by atoms with Crippen molar-refractivity contribution < 1.29 is 0 Å². The average molecular weight is 306 g/mol. The van der Waals surface area contributed by atoms with Crippen LogP contribution in [0.2, 0.25) is 0 Å². The molecular weight excluding hydrogens is 276 g/mol. The van der Waals surface area contributed by atoms with Gasteiger partial charge in [0.25, 0.3) is 0 Å². The molecule has 2 aromatic rings. The molecule has 0 radical (unpaired) electrons. The molecule has 23 heavy (non-hydrogen) atoms. The van der Waals surface area contributed by atoms with Crippen molar-refractivity contribution in [3.05, 3.63) is 53.6 Å². The minimum atomic E-state index is 0.648. The normalized spacial score (nSPS) is 19.9. The fourth-order valence-corrected chi connectivity index (χ4v) is 3.95. The highest BCUT2D eigenvalue weighted by molar-refractivity contribution is 5.86. The molecule has 1 aliphatic carbocycles. The van der Waals surface area contributed by atoms with E-state index in [4.69, 9.17) is 0 Å². The van der Waals surface area contributed by atoms with Crippen molar-refractivity contribution in [3.63, 3.8) is 0 Å². The second-order valence-electron chi connectivity index (χ2n) is 7.20. The van der Waals surface area contributed by atoms with Crippen LogP contribution >= 0.6 is 0 Å². The van der Waals surface area contributed by atoms with Gasteiger partial charge in [-0.25, -0.2) is 0 Å². The summed E-state index contributed by atoms with van der Waals surface area (Å²) >= 11 is 0. The van der Waals surface area contributed by atoms with Crippen LogP contribution < -0.4 is 0 Å². The molecule has 2 aromatic carbocycles. The van der Waals surface area contributed by atoms with Gasteiger partial charge >= 0.3 is 0 Å². The Kier molecular flexibility index (Phi) is 5.54. The predicted octanol–water partition coefficient (Wildman–Crippen LogP) is 7.34. The Balaban J connectivity index is 1.64. The Morgan fingerprint density at radius 3 is 2.35 bits per heavy atom. The Morgan fingerprint density at radius 1 is 0.870 bits per heavy atom. The molecule has 0 amide bonds. The molecule has 0 spiro atoms. The number of hydrogen-bond acceptors (Lipinski definition) is 0. The zero-order chi connectivity index (χ0) is 16.1. The summed E-state index contributed by atoms with van der Waals surface area (Å²) in [6, 6.07) is 13.5. The number of rotatable bonds is 7. The first kappa shape index (κ1) is 16.3. The second kappa shape index (κ2) is 7.81. The summed E-state index contributed by atoms with van der Waals surface area (Å²) in [5.74, 6) is 1.37. The summed E-state index contributed by atoms with van der Waals surface area (Å²) < 4.78 is 0. The van der Waals surface area contributed by atoms with E-state index in [2.05, 4.69) is 62.4 Å². The van der Waals surface area contributed by atoms with Crippen molar-refractivity contribution in [2.75, 3.05) is 0 Å². The SMILES string of the molecule is CCCCCCCCC1C=Cc2cc3ccccc3cc2C1C. The van der Waals surface area contributed by atoms with E-state index in [1.165, 1.54) is 61.3 Å². The van der Waals surface area contributed by atoms with E-state index in [-0.39, 0.29) is 0 Å². The summed E-state index contributed by atoms with van der Waals surface area (Å²) in [6.45, 7) is 4.70. The molecule has 0 fully saturated rings. The number of benzene rings is 2. The number of unbranched alkanes of at least 4 members (excludes halogenated alkanes) is 5. The lowest BCUT2D eigenvalue weighted by Crippen LogP contribution is -2.12. The Hall–Kier alpha value is -1.56. The van der Waals surface area contributed by atoms with Crippen LogP contribution in [0.3, 0.4) is 0 Å². The van der Waals surface area contributed by atoms with Crippen LogP contribution in [0.5, 0.6) is 0 Å². The van der Waals surface area contributed by atoms with Gasteiger partial charge in [-0.15, -0.1) is 0 Å². The number of fused-ring (bicyclic) bond motifs is 2. The molecule has 0 N–H and O–H groups in total. The molecule has 0 aromatic heterocycles. The molecular formula is C23H30. The van der Waals surface area contributed by atoms with Crippen LogP contribution in [0, 0.1) is 5.92 Å². The van der Waals surface area contributed by atoms with Crippen LogP contribution in [-0.2, 0) is 0 Å². The van der Waals surface area contributed by atoms with Gasteiger partial charge in [-0.1, -0.05) is 94.9 Å². The van der Waals surface area contributed by atoms with Gasteiger partial charge in [-0.3, -0.25) is 0 Å². The van der Waals surface area contributed by atoms with E-state index in [0.29, 0.717) is 5.92 Å². The monoisotopic (exact) mass is 306 g/mol. The summed E-state index contributed by atoms with van der Waals surface area (Å²) in [6.07, 6.45) is 14.5. The van der Waals surface area contributed by atoms with E-state index in [1.54, 1.807) is 5.56 Å². The van der Waals surface area contributed by atoms with Gasteiger partial charge in [0.2, 0.25) is 0 Å². The molecule has 122 valence electrons. The van der Waals surface area contributed by atoms with Gasteiger partial charge < -0.3 is 0 Å². The predicted molar refractivity (Wildman–Crippen MR) is 103 cm³/mol. The lowest BCUT2D eigenvalue weighted by molar-refractivity contribution is 0.463. The van der Waals surface area contributed by atoms with Gasteiger partial charge in [-0.2, -0.15) is 0 Å². The standard InChI is InChI=1S/C23H30/c1-3-4-5-6-7-8-11-19-14-15-22-16-20-12-9-10-13-21(20)17-23(22)18(19)2/h9-10,12-19H,3-8,11H2,1-2H3. The van der Waals surface area contributed by atoms with Crippen molar-refractivity contribution >= 4 is 16.8 Å². The van der Waals surface area contributed by atoms with Crippen molar-refractivity contribution in [1.29, 1.82) is 0 Å². The van der Waals surface area contributed by atoms with E-state index in [0.717, 1.165) is 5.92 Å². The zero-order valence-corrected chi connectivity index (χ0v) is 14.7. The molecule has 0 bridgehead atoms. The van der Waals surface area contributed by atoms with Crippen molar-refractivity contribution in [2.45, 2.75) is 64.7 Å². The quantitative estimate of drug-likeness (QED) is 0.469. The maximum Gasteiger partial charge on any atom is -0.0121 e. The highest BCUT2D eigenvalue weighted by Gasteiger charge is 2.22. The third-order valence-corrected chi connectivity index (χ3v) is 5.50. The third kappa shape index (κ3) is 3.86. The van der Waals surface area contributed by atoms with Gasteiger partial charge in [0.05, 0.1) is 0 Å². The highest BCUT2D eigenvalue weighted by Crippen LogP contribution is 2.38. The number of hydrogen-bond donors (Lipinski definition) is 0. The Morgan fingerprint density at radius 2 is 1.57 bits per heavy atom. The minimum Gasteiger partial charge on any atom is -0.0802 e. The van der Waals surface area contributed by atoms with E-state index in [1.807, 2.05) is 0 Å². The van der Waals surface area contributed by atoms with Crippen LogP contribution in [-0.4, -0.2) is 0 Å². The first-order valence-electron chi connectivity index (χ1n) is 9.50. The third-order valence-electron chi connectivity index (χ3n) is 5.50. The fourth-order valence-electron chi connectivity index (χ4n) is 3.95. The van der Waals surface area contributed by atoms with Crippen LogP contribution in [0.15, 0.2) is 42.5 Å². The fraction of sp³-hybridized carbons (Fsp3) is 0.478. The highest BCUT2D eigenvalue weighted by atomic mass is 14.3. The molecule has 0 nitrogen and oxygen atoms in total. The lowest BCUT2D eigenvalue weighted by atomic mass is 9.77. The molecule has 0 saturated carbocycles. The van der Waals surface area contributed by atoms with Crippen molar-refractivity contribution in [2.24, 2.45) is 5.92 Å². The minimum absolute atomic E-state index is 0.648. The van der Waals surface area contributed by atoms with Crippen LogP contribution in [0.25, 0.3) is 16.8 Å². The van der Waals surface area contributed by atoms with Gasteiger partial charge in [0.15, 0.2) is 0 Å². The van der Waals surface area contributed by atoms with E-state index in [9.17, 15) is 0 Å². The smallest absolute Gasteiger partial charge is 0.0121 e. The van der Waals surface area contributed by atoms with Crippen LogP contribution in [0.4, 0.5) is 0 Å². The van der Waals surface area contributed by atoms with Crippen LogP contribution in [0.1, 0.15) is 75.8 Å². The summed E-state index contributed by atoms with van der Waals surface area (Å²) in [5, 5.41) is 2.74. The molecule has 2 atom stereocenters. The average Bonchev–Trinajstić information content (AvgIpc) is 2.58. The van der Waals surface area contributed by atoms with Gasteiger partial charge in [-0.05, 0) is 46.2 Å². The molecule has 0 aliphatic heterocycles. The largest absolute Gasteiger partial charge is 0.0802 e. The zero-order valence-electron chi connectivity index (χ0n) is 14.7. The maximum absolute atomic E-state index is 2.47. The Labute approximate surface area is 141 Å². The lowest BCUT2D eigenvalue weighted by Gasteiger charge is -2.27. The first-order chi connectivity index (χ1) is 11.3. The maximum atomic E-state index is 2.47. The van der Waals surface area contributed by atoms with Crippen molar-refractivity contribution in [3.8, 4) is 0 Å². The van der Waals surface area contributed by atoms with E-state index < -0.39 is 0 Å². The molecule has 0 saturated heterocycles. The molecule has 0 heteroatoms. The summed E-state index contributed by atoms with van der Waals surface area (Å²) in [4.78, 5) is 0. The van der Waals surface area contributed by atoms with Gasteiger partial charge in [0.1, 0.15) is 0 Å². The Bertz CT molecular complexity index is 665. The number of allylic oxidation sites excluding steroid dienone is 1. The molecule has 0 heterocycles. The van der Waals surface area contributed by atoms with E-state index >= 15 is 0 Å². The summed E-state index contributed by atoms with van der Waals surface area (Å²) in [5.41, 5.74) is 2.97. The van der Waals surface area contributed by atoms with Crippen molar-refractivity contribution in [1.82, 2.24) is 0 Å².